The predicted octanol–water partition coefficient (Wildman–Crippen LogP) is 0.835. The highest BCUT2D eigenvalue weighted by Crippen LogP contribution is 2.38. The Balaban J connectivity index is 2.79. The lowest BCUT2D eigenvalue weighted by molar-refractivity contribution is -0.138. The van der Waals surface area contributed by atoms with Crippen molar-refractivity contribution < 1.29 is 23.9 Å². The molecule has 0 heterocycles. The van der Waals surface area contributed by atoms with E-state index in [0.29, 0.717) is 5.56 Å². The fourth-order valence-electron chi connectivity index (χ4n) is 1.27. The number of carboxylic acids is 1. The maximum Gasteiger partial charge on any atom is 0.373 e. The van der Waals surface area contributed by atoms with Gasteiger partial charge in [0.05, 0.1) is 0 Å². The van der Waals surface area contributed by atoms with E-state index in [-0.39, 0.29) is 12.2 Å². The van der Waals surface area contributed by atoms with Gasteiger partial charge in [0, 0.05) is 6.66 Å². The van der Waals surface area contributed by atoms with Crippen molar-refractivity contribution in [2.75, 3.05) is 6.66 Å². The van der Waals surface area contributed by atoms with Gasteiger partial charge in [-0.1, -0.05) is 12.1 Å². The Morgan fingerprint density at radius 1 is 1.59 bits per heavy atom. The first-order valence-corrected chi connectivity index (χ1v) is 6.87. The topological polar surface area (TPSA) is 110 Å². The van der Waals surface area contributed by atoms with E-state index in [1.807, 2.05) is 0 Å². The van der Waals surface area contributed by atoms with Crippen LogP contribution in [0.25, 0.3) is 0 Å². The molecule has 1 unspecified atom stereocenters. The average Bonchev–Trinajstić information content (AvgIpc) is 2.15. The Hall–Kier alpha value is -1.36. The van der Waals surface area contributed by atoms with Crippen LogP contribution in [-0.4, -0.2) is 28.7 Å². The minimum Gasteiger partial charge on any atom is -0.480 e. The van der Waals surface area contributed by atoms with E-state index in [2.05, 4.69) is 0 Å². The van der Waals surface area contributed by atoms with Crippen molar-refractivity contribution in [3.05, 3.63) is 29.8 Å². The number of nitrogens with two attached hydrogens (primary N) is 1. The van der Waals surface area contributed by atoms with E-state index in [1.165, 1.54) is 12.1 Å². The average molecular weight is 259 g/mol. The Bertz CT molecular complexity index is 456. The van der Waals surface area contributed by atoms with Crippen molar-refractivity contribution in [2.24, 2.45) is 5.73 Å². The lowest BCUT2D eigenvalue weighted by atomic mass is 10.1. The lowest BCUT2D eigenvalue weighted by Gasteiger charge is -2.11. The van der Waals surface area contributed by atoms with Crippen molar-refractivity contribution in [3.63, 3.8) is 0 Å². The molecule has 7 heteroatoms. The highest BCUT2D eigenvalue weighted by atomic mass is 31.2. The Morgan fingerprint density at radius 2 is 2.24 bits per heavy atom. The van der Waals surface area contributed by atoms with Gasteiger partial charge in [0.15, 0.2) is 0 Å². The van der Waals surface area contributed by atoms with Crippen LogP contribution < -0.4 is 10.3 Å². The molecule has 17 heavy (non-hydrogen) atoms. The molecule has 0 fully saturated rings. The zero-order chi connectivity index (χ0) is 13.1. The van der Waals surface area contributed by atoms with Gasteiger partial charge in [0.25, 0.3) is 0 Å². The molecule has 4 N–H and O–H groups in total. The van der Waals surface area contributed by atoms with Crippen LogP contribution in [0.15, 0.2) is 24.3 Å². The number of carboxylic acid groups (broad SMARTS) is 1. The summed E-state index contributed by atoms with van der Waals surface area (Å²) in [5.74, 6) is -0.881. The van der Waals surface area contributed by atoms with Gasteiger partial charge in [-0.15, -0.1) is 0 Å². The van der Waals surface area contributed by atoms with Crippen LogP contribution in [-0.2, 0) is 15.8 Å². The molecule has 0 aliphatic heterocycles. The summed E-state index contributed by atoms with van der Waals surface area (Å²) in [7, 11) is -3.61. The van der Waals surface area contributed by atoms with E-state index in [4.69, 9.17) is 20.3 Å². The third-order valence-corrected chi connectivity index (χ3v) is 2.50. The molecule has 1 aromatic carbocycles. The van der Waals surface area contributed by atoms with Crippen molar-refractivity contribution in [2.45, 2.75) is 12.5 Å². The number of carbonyl (C=O) groups is 1. The molecule has 6 nitrogen and oxygen atoms in total. The molecule has 0 spiro atoms. The third kappa shape index (κ3) is 4.99. The third-order valence-electron chi connectivity index (χ3n) is 1.95. The molecular weight excluding hydrogens is 245 g/mol. The summed E-state index contributed by atoms with van der Waals surface area (Å²) in [4.78, 5) is 19.6. The largest absolute Gasteiger partial charge is 0.480 e. The summed E-state index contributed by atoms with van der Waals surface area (Å²) in [5, 5.41) is 8.66. The van der Waals surface area contributed by atoms with Gasteiger partial charge >= 0.3 is 13.6 Å². The smallest absolute Gasteiger partial charge is 0.373 e. The highest BCUT2D eigenvalue weighted by molar-refractivity contribution is 7.52. The molecule has 2 atom stereocenters. The molecule has 0 radical (unpaired) electrons. The van der Waals surface area contributed by atoms with E-state index in [0.717, 1.165) is 6.66 Å². The van der Waals surface area contributed by atoms with Gasteiger partial charge < -0.3 is 20.3 Å². The standard InChI is InChI=1S/C10H14NO5P/c1-17(14,15)16-8-4-2-3-7(5-8)6-9(11)10(12)13/h2-5,9H,6,11H2,1H3,(H,12,13)(H,14,15)/t9-/m0/s1. The fourth-order valence-corrected chi connectivity index (χ4v) is 1.77. The number of rotatable bonds is 5. The van der Waals surface area contributed by atoms with Gasteiger partial charge in [-0.05, 0) is 24.1 Å². The molecule has 0 saturated carbocycles. The Labute approximate surface area is 98.6 Å². The number of benzene rings is 1. The van der Waals surface area contributed by atoms with E-state index in [9.17, 15) is 9.36 Å². The van der Waals surface area contributed by atoms with E-state index >= 15 is 0 Å². The first kappa shape index (κ1) is 13.7. The van der Waals surface area contributed by atoms with Crippen LogP contribution in [0.4, 0.5) is 0 Å². The maximum atomic E-state index is 11.0. The lowest BCUT2D eigenvalue weighted by Crippen LogP contribution is -2.32. The predicted molar refractivity (Wildman–Crippen MR) is 62.1 cm³/mol. The maximum absolute atomic E-state index is 11.0. The number of aliphatic carboxylic acids is 1. The normalized spacial score (nSPS) is 15.9. The molecule has 1 rings (SSSR count). The summed E-state index contributed by atoms with van der Waals surface area (Å²) in [6.45, 7) is 1.07. The second-order valence-corrected chi connectivity index (χ2v) is 5.48. The minimum atomic E-state index is -3.61. The molecule has 1 aromatic rings. The van der Waals surface area contributed by atoms with Crippen LogP contribution in [0.2, 0.25) is 0 Å². The first-order valence-electron chi connectivity index (χ1n) is 4.85. The number of hydrogen-bond donors (Lipinski definition) is 3. The Kier molecular flexibility index (Phi) is 4.28. The summed E-state index contributed by atoms with van der Waals surface area (Å²) in [6, 6.07) is 5.28. The molecule has 0 saturated heterocycles. The van der Waals surface area contributed by atoms with Crippen LogP contribution in [0.5, 0.6) is 5.75 Å². The zero-order valence-electron chi connectivity index (χ0n) is 9.24. The van der Waals surface area contributed by atoms with Gasteiger partial charge in [-0.25, -0.2) is 4.57 Å². The van der Waals surface area contributed by atoms with Crippen LogP contribution in [0.3, 0.4) is 0 Å². The molecule has 0 amide bonds. The SMILES string of the molecule is CP(=O)(O)Oc1cccc(C[C@H](N)C(=O)O)c1. The molecule has 0 aliphatic rings. The van der Waals surface area contributed by atoms with Crippen molar-refractivity contribution in [3.8, 4) is 5.75 Å². The van der Waals surface area contributed by atoms with Gasteiger partial charge in [0.1, 0.15) is 11.8 Å². The molecule has 0 aliphatic carbocycles. The Morgan fingerprint density at radius 3 is 2.76 bits per heavy atom. The quantitative estimate of drug-likeness (QED) is 0.676. The zero-order valence-corrected chi connectivity index (χ0v) is 10.1. The van der Waals surface area contributed by atoms with E-state index in [1.54, 1.807) is 12.1 Å². The van der Waals surface area contributed by atoms with Crippen LogP contribution in [0.1, 0.15) is 5.56 Å². The van der Waals surface area contributed by atoms with Gasteiger partial charge in [0.2, 0.25) is 0 Å². The summed E-state index contributed by atoms with van der Waals surface area (Å²) >= 11 is 0. The molecule has 94 valence electrons. The van der Waals surface area contributed by atoms with Crippen LogP contribution in [0, 0.1) is 0 Å². The minimum absolute atomic E-state index is 0.131. The second kappa shape index (κ2) is 5.31. The monoisotopic (exact) mass is 259 g/mol. The van der Waals surface area contributed by atoms with Crippen molar-refractivity contribution >= 4 is 13.6 Å². The van der Waals surface area contributed by atoms with Crippen LogP contribution >= 0.6 is 7.60 Å². The van der Waals surface area contributed by atoms with Gasteiger partial charge in [-0.2, -0.15) is 0 Å². The molecule has 0 aromatic heterocycles. The summed E-state index contributed by atoms with van der Waals surface area (Å²) < 4.78 is 15.8. The molecular formula is C10H14NO5P. The fraction of sp³-hybridized carbons (Fsp3) is 0.300. The number of hydrogen-bond acceptors (Lipinski definition) is 4. The summed E-state index contributed by atoms with van der Waals surface area (Å²) in [5.41, 5.74) is 6.01. The van der Waals surface area contributed by atoms with Gasteiger partial charge in [-0.3, -0.25) is 4.79 Å². The summed E-state index contributed by atoms with van der Waals surface area (Å²) in [6.07, 6.45) is 0.131. The molecule has 0 bridgehead atoms. The van der Waals surface area contributed by atoms with Crippen molar-refractivity contribution in [1.29, 1.82) is 0 Å². The highest BCUT2D eigenvalue weighted by Gasteiger charge is 2.14. The van der Waals surface area contributed by atoms with E-state index < -0.39 is 19.6 Å². The van der Waals surface area contributed by atoms with Crippen molar-refractivity contribution in [1.82, 2.24) is 0 Å². The second-order valence-electron chi connectivity index (χ2n) is 3.69. The first-order chi connectivity index (χ1) is 7.78.